The summed E-state index contributed by atoms with van der Waals surface area (Å²) in [6, 6.07) is 5.44. The van der Waals surface area contributed by atoms with Crippen LogP contribution in [0.25, 0.3) is 0 Å². The van der Waals surface area contributed by atoms with Crippen molar-refractivity contribution in [1.29, 1.82) is 0 Å². The van der Waals surface area contributed by atoms with Gasteiger partial charge in [0, 0.05) is 43.2 Å². The van der Waals surface area contributed by atoms with Gasteiger partial charge in [-0.1, -0.05) is 0 Å². The minimum Gasteiger partial charge on any atom is -0.396 e. The molecular formula is C16H21N5O2. The summed E-state index contributed by atoms with van der Waals surface area (Å²) < 4.78 is 1.80. The normalized spacial score (nSPS) is 15.2. The Balaban J connectivity index is 1.44. The molecule has 1 aliphatic rings. The Morgan fingerprint density at radius 3 is 2.78 bits per heavy atom. The Morgan fingerprint density at radius 2 is 2.09 bits per heavy atom. The maximum atomic E-state index is 11.8. The third kappa shape index (κ3) is 4.29. The van der Waals surface area contributed by atoms with Crippen LogP contribution in [0.1, 0.15) is 18.4 Å². The maximum absolute atomic E-state index is 11.8. The topological polar surface area (TPSA) is 92.1 Å². The zero-order valence-corrected chi connectivity index (χ0v) is 12.9. The number of nitrogens with one attached hydrogen (secondary N) is 2. The summed E-state index contributed by atoms with van der Waals surface area (Å²) in [4.78, 5) is 15.8. The lowest BCUT2D eigenvalue weighted by atomic mass is 10.1. The van der Waals surface area contributed by atoms with E-state index in [0.29, 0.717) is 12.4 Å². The molecule has 0 aromatic carbocycles. The van der Waals surface area contributed by atoms with Gasteiger partial charge in [0.15, 0.2) is 5.82 Å². The number of aryl methyl sites for hydroxylation is 2. The molecule has 0 unspecified atom stereocenters. The highest BCUT2D eigenvalue weighted by atomic mass is 16.3. The van der Waals surface area contributed by atoms with E-state index in [4.69, 9.17) is 0 Å². The summed E-state index contributed by atoms with van der Waals surface area (Å²) in [6.45, 7) is 1.36. The molecule has 0 bridgehead atoms. The van der Waals surface area contributed by atoms with Crippen LogP contribution in [0.15, 0.2) is 36.8 Å². The second-order valence-corrected chi connectivity index (χ2v) is 6.04. The minimum absolute atomic E-state index is 0.0960. The van der Waals surface area contributed by atoms with Gasteiger partial charge in [0.2, 0.25) is 0 Å². The molecule has 2 amide bonds. The van der Waals surface area contributed by atoms with E-state index in [-0.39, 0.29) is 18.1 Å². The lowest BCUT2D eigenvalue weighted by molar-refractivity contribution is 0.206. The molecule has 23 heavy (non-hydrogen) atoms. The van der Waals surface area contributed by atoms with Gasteiger partial charge in [0.05, 0.1) is 6.61 Å². The van der Waals surface area contributed by atoms with Crippen molar-refractivity contribution < 1.29 is 9.90 Å². The average Bonchev–Trinajstić information content (AvgIpc) is 3.24. The van der Waals surface area contributed by atoms with Crippen LogP contribution in [-0.2, 0) is 13.0 Å². The van der Waals surface area contributed by atoms with Gasteiger partial charge in [-0.2, -0.15) is 5.10 Å². The molecule has 1 fully saturated rings. The van der Waals surface area contributed by atoms with Crippen molar-refractivity contribution in [3.63, 3.8) is 0 Å². The number of nitrogens with zero attached hydrogens (tertiary/aromatic N) is 3. The van der Waals surface area contributed by atoms with Crippen LogP contribution in [0, 0.1) is 5.41 Å². The highest BCUT2D eigenvalue weighted by Gasteiger charge is 2.42. The van der Waals surface area contributed by atoms with E-state index in [9.17, 15) is 9.90 Å². The number of anilines is 1. The van der Waals surface area contributed by atoms with Gasteiger partial charge in [-0.3, -0.25) is 15.0 Å². The Labute approximate surface area is 134 Å². The molecule has 0 atom stereocenters. The van der Waals surface area contributed by atoms with Gasteiger partial charge < -0.3 is 10.4 Å². The van der Waals surface area contributed by atoms with Crippen LogP contribution in [-0.4, -0.2) is 39.1 Å². The number of aliphatic hydroxyl groups excluding tert-OH is 1. The highest BCUT2D eigenvalue weighted by Crippen LogP contribution is 2.44. The first-order chi connectivity index (χ1) is 11.2. The van der Waals surface area contributed by atoms with Crippen LogP contribution in [0.2, 0.25) is 0 Å². The van der Waals surface area contributed by atoms with Crippen molar-refractivity contribution in [2.45, 2.75) is 25.8 Å². The smallest absolute Gasteiger partial charge is 0.320 e. The lowest BCUT2D eigenvalue weighted by Gasteiger charge is -2.12. The summed E-state index contributed by atoms with van der Waals surface area (Å²) in [5, 5.41) is 19.0. The fourth-order valence-corrected chi connectivity index (χ4v) is 2.34. The molecule has 2 aromatic rings. The summed E-state index contributed by atoms with van der Waals surface area (Å²) in [5.74, 6) is 0.520. The Morgan fingerprint density at radius 1 is 1.30 bits per heavy atom. The summed E-state index contributed by atoms with van der Waals surface area (Å²) >= 11 is 0. The molecule has 1 aliphatic carbocycles. The van der Waals surface area contributed by atoms with Crippen molar-refractivity contribution in [3.05, 3.63) is 42.4 Å². The number of hydrogen-bond donors (Lipinski definition) is 3. The van der Waals surface area contributed by atoms with E-state index in [0.717, 1.165) is 25.8 Å². The van der Waals surface area contributed by atoms with E-state index in [1.807, 2.05) is 18.3 Å². The molecule has 0 aliphatic heterocycles. The monoisotopic (exact) mass is 315 g/mol. The van der Waals surface area contributed by atoms with Crippen LogP contribution < -0.4 is 10.6 Å². The third-order valence-corrected chi connectivity index (χ3v) is 4.18. The van der Waals surface area contributed by atoms with Crippen LogP contribution in [0.5, 0.6) is 0 Å². The molecule has 7 heteroatoms. The zero-order valence-electron chi connectivity index (χ0n) is 12.9. The second kappa shape index (κ2) is 6.78. The largest absolute Gasteiger partial charge is 0.396 e. The minimum atomic E-state index is -0.288. The van der Waals surface area contributed by atoms with E-state index in [2.05, 4.69) is 20.7 Å². The Hall–Kier alpha value is -2.41. The molecule has 0 radical (unpaired) electrons. The van der Waals surface area contributed by atoms with E-state index in [1.54, 1.807) is 23.1 Å². The standard InChI is InChI=1S/C16H21N5O2/c22-12-16(5-6-16)11-18-15(23)19-14-4-10-21(20-14)9-3-13-1-7-17-8-2-13/h1-2,4,7-8,10,22H,3,5-6,9,11-12H2,(H2,18,19,20,23). The van der Waals surface area contributed by atoms with E-state index < -0.39 is 0 Å². The Bertz CT molecular complexity index is 652. The molecule has 0 spiro atoms. The van der Waals surface area contributed by atoms with Crippen molar-refractivity contribution in [2.24, 2.45) is 5.41 Å². The first kappa shape index (κ1) is 15.5. The third-order valence-electron chi connectivity index (χ3n) is 4.18. The number of aliphatic hydroxyl groups is 1. The summed E-state index contributed by atoms with van der Waals surface area (Å²) in [6.07, 6.45) is 8.17. The molecular weight excluding hydrogens is 294 g/mol. The quantitative estimate of drug-likeness (QED) is 0.720. The van der Waals surface area contributed by atoms with E-state index in [1.165, 1.54) is 5.56 Å². The SMILES string of the molecule is O=C(NCC1(CO)CC1)Nc1ccn(CCc2ccncc2)n1. The molecule has 0 saturated heterocycles. The predicted molar refractivity (Wildman–Crippen MR) is 85.9 cm³/mol. The van der Waals surface area contributed by atoms with Crippen LogP contribution >= 0.6 is 0 Å². The predicted octanol–water partition coefficient (Wildman–Crippen LogP) is 1.41. The Kier molecular flexibility index (Phi) is 4.57. The summed E-state index contributed by atoms with van der Waals surface area (Å²) in [5.41, 5.74) is 1.10. The number of hydrogen-bond acceptors (Lipinski definition) is 4. The van der Waals surface area contributed by atoms with Crippen molar-refractivity contribution >= 4 is 11.8 Å². The van der Waals surface area contributed by atoms with Gasteiger partial charge in [0.25, 0.3) is 0 Å². The average molecular weight is 315 g/mol. The highest BCUT2D eigenvalue weighted by molar-refractivity contribution is 5.88. The van der Waals surface area contributed by atoms with Gasteiger partial charge in [-0.05, 0) is 37.0 Å². The number of carbonyl (C=O) groups excluding carboxylic acids is 1. The van der Waals surface area contributed by atoms with Crippen molar-refractivity contribution in [1.82, 2.24) is 20.1 Å². The lowest BCUT2D eigenvalue weighted by Crippen LogP contribution is -2.35. The van der Waals surface area contributed by atoms with Crippen molar-refractivity contribution in [2.75, 3.05) is 18.5 Å². The van der Waals surface area contributed by atoms with Crippen LogP contribution in [0.4, 0.5) is 10.6 Å². The number of pyridine rings is 1. The molecule has 3 rings (SSSR count). The fraction of sp³-hybridized carbons (Fsp3) is 0.438. The fourth-order valence-electron chi connectivity index (χ4n) is 2.34. The number of rotatable bonds is 7. The van der Waals surface area contributed by atoms with Gasteiger partial charge in [0.1, 0.15) is 0 Å². The first-order valence-electron chi connectivity index (χ1n) is 7.77. The second-order valence-electron chi connectivity index (χ2n) is 6.04. The number of amides is 2. The number of carbonyl (C=O) groups is 1. The first-order valence-corrected chi connectivity index (χ1v) is 7.77. The molecule has 2 heterocycles. The zero-order chi connectivity index (χ0) is 16.1. The van der Waals surface area contributed by atoms with Crippen molar-refractivity contribution in [3.8, 4) is 0 Å². The molecule has 3 N–H and O–H groups in total. The summed E-state index contributed by atoms with van der Waals surface area (Å²) in [7, 11) is 0. The molecule has 1 saturated carbocycles. The van der Waals surface area contributed by atoms with Gasteiger partial charge >= 0.3 is 6.03 Å². The number of aromatic nitrogens is 3. The number of urea groups is 1. The maximum Gasteiger partial charge on any atom is 0.320 e. The van der Waals surface area contributed by atoms with Gasteiger partial charge in [-0.25, -0.2) is 4.79 Å². The van der Waals surface area contributed by atoms with Crippen LogP contribution in [0.3, 0.4) is 0 Å². The molecule has 2 aromatic heterocycles. The molecule has 7 nitrogen and oxygen atoms in total. The molecule has 122 valence electrons. The van der Waals surface area contributed by atoms with Gasteiger partial charge in [-0.15, -0.1) is 0 Å². The van der Waals surface area contributed by atoms with E-state index >= 15 is 0 Å².